The number of allylic oxidation sites excluding steroid dienone is 2. The van der Waals surface area contributed by atoms with E-state index in [9.17, 15) is 18.3 Å². The van der Waals surface area contributed by atoms with E-state index in [0.717, 1.165) is 67.9 Å². The van der Waals surface area contributed by atoms with E-state index in [1.807, 2.05) is 31.7 Å². The average Bonchev–Trinajstić information content (AvgIpc) is 3.11. The molecule has 2 aromatic rings. The number of alkyl halides is 3. The number of hydrogen-bond donors (Lipinski definition) is 4. The summed E-state index contributed by atoms with van der Waals surface area (Å²) in [6.45, 7) is 10.5. The van der Waals surface area contributed by atoms with Gasteiger partial charge < -0.3 is 30.9 Å². The first-order chi connectivity index (χ1) is 18.7. The van der Waals surface area contributed by atoms with Crippen LogP contribution in [-0.2, 0) is 12.7 Å². The van der Waals surface area contributed by atoms with E-state index < -0.39 is 11.7 Å². The number of aliphatic imine (C=N–C) groups is 1. The highest BCUT2D eigenvalue weighted by atomic mass is 19.4. The number of anilines is 2. The van der Waals surface area contributed by atoms with Crippen molar-refractivity contribution >= 4 is 17.6 Å². The Morgan fingerprint density at radius 2 is 1.92 bits per heavy atom. The van der Waals surface area contributed by atoms with Gasteiger partial charge in [-0.15, -0.1) is 0 Å². The lowest BCUT2D eigenvalue weighted by molar-refractivity contribution is -0.137. The average molecular weight is 545 g/mol. The minimum absolute atomic E-state index is 0.0546. The molecule has 210 valence electrons. The normalized spacial score (nSPS) is 18.2. The predicted molar refractivity (Wildman–Crippen MR) is 146 cm³/mol. The van der Waals surface area contributed by atoms with Gasteiger partial charge in [0.25, 0.3) is 0 Å². The Kier molecular flexibility index (Phi) is 8.95. The van der Waals surface area contributed by atoms with Gasteiger partial charge in [0.2, 0.25) is 5.95 Å². The van der Waals surface area contributed by atoms with Crippen LogP contribution >= 0.6 is 0 Å². The Balaban J connectivity index is 1.65. The first-order valence-electron chi connectivity index (χ1n) is 13.0. The summed E-state index contributed by atoms with van der Waals surface area (Å²) in [6, 6.07) is 4.85. The number of phenols is 1. The smallest absolute Gasteiger partial charge is 0.416 e. The van der Waals surface area contributed by atoms with Crippen molar-refractivity contribution in [1.29, 1.82) is 0 Å². The van der Waals surface area contributed by atoms with Crippen LogP contribution in [0.5, 0.6) is 5.75 Å². The third-order valence-electron chi connectivity index (χ3n) is 6.52. The molecule has 0 spiro atoms. The maximum atomic E-state index is 13.4. The fraction of sp³-hybridized carbons (Fsp3) is 0.444. The lowest BCUT2D eigenvalue weighted by Crippen LogP contribution is -2.43. The largest absolute Gasteiger partial charge is 0.508 e. The minimum atomic E-state index is -4.51. The van der Waals surface area contributed by atoms with Crippen LogP contribution in [0.4, 0.5) is 24.9 Å². The monoisotopic (exact) mass is 544 g/mol. The van der Waals surface area contributed by atoms with E-state index in [0.29, 0.717) is 30.7 Å². The van der Waals surface area contributed by atoms with Crippen LogP contribution < -0.4 is 20.9 Å². The summed E-state index contributed by atoms with van der Waals surface area (Å²) in [5.74, 6) is 2.07. The fourth-order valence-electron chi connectivity index (χ4n) is 4.47. The van der Waals surface area contributed by atoms with Crippen molar-refractivity contribution in [3.63, 3.8) is 0 Å². The molecule has 0 saturated carbocycles. The molecule has 0 amide bonds. The Labute approximate surface area is 226 Å². The van der Waals surface area contributed by atoms with Crippen molar-refractivity contribution in [2.45, 2.75) is 39.9 Å². The van der Waals surface area contributed by atoms with E-state index in [1.165, 1.54) is 0 Å². The molecule has 12 heteroatoms. The molecule has 4 rings (SSSR count). The quantitative estimate of drug-likeness (QED) is 0.432. The molecule has 0 radical (unpaired) electrons. The summed E-state index contributed by atoms with van der Waals surface area (Å²) in [7, 11) is 0. The molecular weight excluding hydrogens is 509 g/mol. The van der Waals surface area contributed by atoms with Crippen molar-refractivity contribution in [3.05, 3.63) is 64.8 Å². The first kappa shape index (κ1) is 28.2. The maximum Gasteiger partial charge on any atom is 0.416 e. The van der Waals surface area contributed by atoms with E-state index in [2.05, 4.69) is 30.8 Å². The SMILES string of the molecule is C/C=C(\N=C1/C(=C(C)C)NCCCN1Cc1cc(C(F)(F)F)ccc1O)Nc1nccc(N2CCNCC2)n1. The highest BCUT2D eigenvalue weighted by Gasteiger charge is 2.31. The van der Waals surface area contributed by atoms with Crippen LogP contribution in [0.25, 0.3) is 0 Å². The van der Waals surface area contributed by atoms with E-state index in [4.69, 9.17) is 4.99 Å². The molecule has 2 aliphatic rings. The van der Waals surface area contributed by atoms with Crippen molar-refractivity contribution in [1.82, 2.24) is 25.5 Å². The number of nitrogens with zero attached hydrogens (tertiary/aromatic N) is 5. The highest BCUT2D eigenvalue weighted by Crippen LogP contribution is 2.33. The zero-order chi connectivity index (χ0) is 28.0. The lowest BCUT2D eigenvalue weighted by Gasteiger charge is -2.28. The number of aromatic nitrogens is 2. The first-order valence-corrected chi connectivity index (χ1v) is 13.0. The molecular formula is C27H35F3N8O. The van der Waals surface area contributed by atoms with Gasteiger partial charge in [0, 0.05) is 57.6 Å². The Bertz CT molecular complexity index is 1250. The zero-order valence-electron chi connectivity index (χ0n) is 22.4. The van der Waals surface area contributed by atoms with Gasteiger partial charge in [-0.2, -0.15) is 18.2 Å². The minimum Gasteiger partial charge on any atom is -0.508 e. The van der Waals surface area contributed by atoms with Gasteiger partial charge in [0.1, 0.15) is 17.4 Å². The lowest BCUT2D eigenvalue weighted by atomic mass is 10.1. The standard InChI is InChI=1S/C27H35F3N8O/c1-4-22(35-26-33-10-8-23(36-26)37-14-11-31-12-15-37)34-25-24(18(2)3)32-9-5-13-38(25)17-19-16-20(27(28,29)30)6-7-21(19)39/h4,6-8,10,16,31-32,39H,5,9,11-15,17H2,1-3H3,(H,33,35,36)/b22-4+,34-25+. The second-order valence-corrected chi connectivity index (χ2v) is 9.63. The van der Waals surface area contributed by atoms with Gasteiger partial charge in [-0.25, -0.2) is 9.98 Å². The Morgan fingerprint density at radius 1 is 1.15 bits per heavy atom. The Morgan fingerprint density at radius 3 is 2.62 bits per heavy atom. The number of amidine groups is 1. The molecule has 1 aromatic carbocycles. The van der Waals surface area contributed by atoms with Gasteiger partial charge >= 0.3 is 6.18 Å². The zero-order valence-corrected chi connectivity index (χ0v) is 22.4. The van der Waals surface area contributed by atoms with E-state index in [1.54, 1.807) is 12.3 Å². The van der Waals surface area contributed by atoms with Gasteiger partial charge in [0.05, 0.1) is 11.3 Å². The summed E-state index contributed by atoms with van der Waals surface area (Å²) in [4.78, 5) is 18.0. The van der Waals surface area contributed by atoms with Gasteiger partial charge in [-0.1, -0.05) is 0 Å². The third kappa shape index (κ3) is 7.20. The van der Waals surface area contributed by atoms with Crippen LogP contribution in [0.2, 0.25) is 0 Å². The number of piperazine rings is 1. The van der Waals surface area contributed by atoms with E-state index >= 15 is 0 Å². The third-order valence-corrected chi connectivity index (χ3v) is 6.52. The van der Waals surface area contributed by atoms with Crippen molar-refractivity contribution in [2.24, 2.45) is 4.99 Å². The van der Waals surface area contributed by atoms with Crippen molar-refractivity contribution in [3.8, 4) is 5.75 Å². The summed E-state index contributed by atoms with van der Waals surface area (Å²) in [5, 5.41) is 20.3. The summed E-state index contributed by atoms with van der Waals surface area (Å²) >= 11 is 0. The van der Waals surface area contributed by atoms with E-state index in [-0.39, 0.29) is 17.9 Å². The van der Waals surface area contributed by atoms with Crippen molar-refractivity contribution < 1.29 is 18.3 Å². The van der Waals surface area contributed by atoms with Crippen LogP contribution in [-0.4, -0.2) is 65.1 Å². The molecule has 2 saturated heterocycles. The molecule has 0 atom stereocenters. The molecule has 39 heavy (non-hydrogen) atoms. The number of aromatic hydroxyl groups is 1. The molecule has 0 bridgehead atoms. The molecule has 3 heterocycles. The second kappa shape index (κ2) is 12.4. The predicted octanol–water partition coefficient (Wildman–Crippen LogP) is 4.07. The van der Waals surface area contributed by atoms with Gasteiger partial charge in [0.15, 0.2) is 5.84 Å². The van der Waals surface area contributed by atoms with Gasteiger partial charge in [-0.05, 0) is 63.1 Å². The second-order valence-electron chi connectivity index (χ2n) is 9.63. The number of benzene rings is 1. The summed E-state index contributed by atoms with van der Waals surface area (Å²) < 4.78 is 40.2. The van der Waals surface area contributed by atoms with Crippen LogP contribution in [0.3, 0.4) is 0 Å². The molecule has 2 fully saturated rings. The van der Waals surface area contributed by atoms with Crippen LogP contribution in [0.15, 0.2) is 58.6 Å². The number of hydrogen-bond acceptors (Lipinski definition) is 8. The fourth-order valence-corrected chi connectivity index (χ4v) is 4.47. The Hall–Kier alpha value is -3.80. The van der Waals surface area contributed by atoms with Crippen LogP contribution in [0, 0.1) is 0 Å². The van der Waals surface area contributed by atoms with Crippen molar-refractivity contribution in [2.75, 3.05) is 49.5 Å². The number of phenolic OH excluding ortho intramolecular Hbond substituents is 1. The topological polar surface area (TPSA) is 101 Å². The molecule has 4 N–H and O–H groups in total. The van der Waals surface area contributed by atoms with Gasteiger partial charge in [-0.3, -0.25) is 0 Å². The summed E-state index contributed by atoms with van der Waals surface area (Å²) in [6.07, 6.45) is -0.276. The molecule has 1 aromatic heterocycles. The maximum absolute atomic E-state index is 13.4. The number of nitrogens with one attached hydrogen (secondary N) is 3. The molecule has 0 unspecified atom stereocenters. The molecule has 9 nitrogen and oxygen atoms in total. The highest BCUT2D eigenvalue weighted by molar-refractivity contribution is 5.99. The number of rotatable bonds is 6. The number of halogens is 3. The molecule has 2 aliphatic heterocycles. The van der Waals surface area contributed by atoms with Crippen LogP contribution in [0.1, 0.15) is 38.3 Å². The molecule has 0 aliphatic carbocycles. The summed E-state index contributed by atoms with van der Waals surface area (Å²) in [5.41, 5.74) is 1.13.